The summed E-state index contributed by atoms with van der Waals surface area (Å²) < 4.78 is 42.3. The summed E-state index contributed by atoms with van der Waals surface area (Å²) in [6.07, 6.45) is -2.32. The van der Waals surface area contributed by atoms with Crippen molar-refractivity contribution >= 4 is 5.91 Å². The maximum Gasteiger partial charge on any atom is 0.391 e. The second-order valence-electron chi connectivity index (χ2n) is 5.14. The molecule has 1 amide bonds. The molecule has 4 nitrogen and oxygen atoms in total. The second kappa shape index (κ2) is 8.46. The highest BCUT2D eigenvalue weighted by atomic mass is 19.4. The maximum absolute atomic E-state index is 12.5. The zero-order valence-corrected chi connectivity index (χ0v) is 11.8. The summed E-state index contributed by atoms with van der Waals surface area (Å²) in [5, 5.41) is 5.85. The molecule has 7 heteroatoms. The Morgan fingerprint density at radius 1 is 1.20 bits per heavy atom. The number of amides is 1. The Morgan fingerprint density at radius 3 is 2.40 bits per heavy atom. The van der Waals surface area contributed by atoms with Crippen LogP contribution in [-0.2, 0) is 9.53 Å². The SMILES string of the molecule is COCCNC(=O)CCNC1CCC(C(F)(F)F)CC1. The van der Waals surface area contributed by atoms with Crippen LogP contribution in [0.25, 0.3) is 0 Å². The van der Waals surface area contributed by atoms with Gasteiger partial charge in [0.15, 0.2) is 0 Å². The van der Waals surface area contributed by atoms with Gasteiger partial charge in [0.05, 0.1) is 12.5 Å². The lowest BCUT2D eigenvalue weighted by molar-refractivity contribution is -0.182. The third kappa shape index (κ3) is 6.56. The Morgan fingerprint density at radius 2 is 1.85 bits per heavy atom. The Bertz CT molecular complexity index is 290. The monoisotopic (exact) mass is 296 g/mol. The van der Waals surface area contributed by atoms with Gasteiger partial charge in [0.1, 0.15) is 0 Å². The van der Waals surface area contributed by atoms with Crippen LogP contribution in [-0.4, -0.2) is 44.9 Å². The summed E-state index contributed by atoms with van der Waals surface area (Å²) in [5.74, 6) is -1.23. The van der Waals surface area contributed by atoms with E-state index in [1.54, 1.807) is 7.11 Å². The van der Waals surface area contributed by atoms with E-state index in [9.17, 15) is 18.0 Å². The molecular weight excluding hydrogens is 273 g/mol. The predicted octanol–water partition coefficient (Wildman–Crippen LogP) is 1.85. The van der Waals surface area contributed by atoms with E-state index in [2.05, 4.69) is 10.6 Å². The van der Waals surface area contributed by atoms with Crippen LogP contribution in [0.5, 0.6) is 0 Å². The van der Waals surface area contributed by atoms with Crippen LogP contribution in [0, 0.1) is 5.92 Å². The number of hydrogen-bond donors (Lipinski definition) is 2. The third-order valence-electron chi connectivity index (χ3n) is 3.60. The van der Waals surface area contributed by atoms with Crippen LogP contribution >= 0.6 is 0 Å². The van der Waals surface area contributed by atoms with Gasteiger partial charge in [0, 0.05) is 32.7 Å². The van der Waals surface area contributed by atoms with Gasteiger partial charge in [-0.3, -0.25) is 4.79 Å². The molecule has 0 unspecified atom stereocenters. The lowest BCUT2D eigenvalue weighted by atomic mass is 9.85. The topological polar surface area (TPSA) is 50.4 Å². The van der Waals surface area contributed by atoms with E-state index < -0.39 is 12.1 Å². The fourth-order valence-electron chi connectivity index (χ4n) is 2.40. The van der Waals surface area contributed by atoms with Crippen LogP contribution in [0.15, 0.2) is 0 Å². The minimum absolute atomic E-state index is 0.0708. The average molecular weight is 296 g/mol. The highest BCUT2D eigenvalue weighted by molar-refractivity contribution is 5.76. The van der Waals surface area contributed by atoms with Gasteiger partial charge in [-0.15, -0.1) is 0 Å². The molecule has 1 saturated carbocycles. The molecule has 0 atom stereocenters. The largest absolute Gasteiger partial charge is 0.391 e. The fourth-order valence-corrected chi connectivity index (χ4v) is 2.40. The molecule has 1 aliphatic rings. The normalized spacial score (nSPS) is 23.6. The van der Waals surface area contributed by atoms with Gasteiger partial charge in [-0.05, 0) is 25.7 Å². The zero-order valence-electron chi connectivity index (χ0n) is 11.8. The minimum Gasteiger partial charge on any atom is -0.383 e. The van der Waals surface area contributed by atoms with Gasteiger partial charge in [0.2, 0.25) is 5.91 Å². The summed E-state index contributed by atoms with van der Waals surface area (Å²) >= 11 is 0. The van der Waals surface area contributed by atoms with Crippen LogP contribution in [0.3, 0.4) is 0 Å². The van der Waals surface area contributed by atoms with E-state index in [1.165, 1.54) is 0 Å². The van der Waals surface area contributed by atoms with Crippen LogP contribution < -0.4 is 10.6 Å². The van der Waals surface area contributed by atoms with Gasteiger partial charge in [-0.2, -0.15) is 13.2 Å². The standard InChI is InChI=1S/C13H23F3N2O2/c1-20-9-8-18-12(19)6-7-17-11-4-2-10(3-5-11)13(14,15)16/h10-11,17H,2-9H2,1H3,(H,18,19). The number of ether oxygens (including phenoxy) is 1. The van der Waals surface area contributed by atoms with E-state index in [4.69, 9.17) is 4.74 Å². The molecule has 1 aliphatic carbocycles. The van der Waals surface area contributed by atoms with Gasteiger partial charge >= 0.3 is 6.18 Å². The van der Waals surface area contributed by atoms with Gasteiger partial charge < -0.3 is 15.4 Å². The molecule has 0 saturated heterocycles. The molecular formula is C13H23F3N2O2. The molecule has 0 aromatic carbocycles. The number of alkyl halides is 3. The lowest BCUT2D eigenvalue weighted by Crippen LogP contribution is -2.38. The van der Waals surface area contributed by atoms with Crippen molar-refractivity contribution in [3.63, 3.8) is 0 Å². The smallest absolute Gasteiger partial charge is 0.383 e. The molecule has 0 aliphatic heterocycles. The lowest BCUT2D eigenvalue weighted by Gasteiger charge is -2.30. The fraction of sp³-hybridized carbons (Fsp3) is 0.923. The molecule has 118 valence electrons. The molecule has 1 fully saturated rings. The summed E-state index contributed by atoms with van der Waals surface area (Å²) in [6, 6.07) is 0.0976. The Hall–Kier alpha value is -0.820. The molecule has 0 bridgehead atoms. The first kappa shape index (κ1) is 17.2. The van der Waals surface area contributed by atoms with Crippen LogP contribution in [0.4, 0.5) is 13.2 Å². The Labute approximate surface area is 117 Å². The summed E-state index contributed by atoms with van der Waals surface area (Å²) in [4.78, 5) is 11.4. The molecule has 0 aromatic rings. The zero-order chi connectivity index (χ0) is 15.0. The van der Waals surface area contributed by atoms with Crippen LogP contribution in [0.1, 0.15) is 32.1 Å². The molecule has 0 heterocycles. The highest BCUT2D eigenvalue weighted by Crippen LogP contribution is 2.37. The summed E-state index contributed by atoms with van der Waals surface area (Å²) in [6.45, 7) is 1.45. The van der Waals surface area contributed by atoms with Crippen molar-refractivity contribution in [3.8, 4) is 0 Å². The minimum atomic E-state index is -4.06. The van der Waals surface area contributed by atoms with Crippen LogP contribution in [0.2, 0.25) is 0 Å². The van der Waals surface area contributed by atoms with E-state index >= 15 is 0 Å². The van der Waals surface area contributed by atoms with E-state index in [0.29, 0.717) is 39.0 Å². The van der Waals surface area contributed by atoms with Crippen molar-refractivity contribution in [3.05, 3.63) is 0 Å². The Kier molecular flexibility index (Phi) is 7.29. The van der Waals surface area contributed by atoms with Gasteiger partial charge in [-0.1, -0.05) is 0 Å². The molecule has 0 aromatic heterocycles. The van der Waals surface area contributed by atoms with Crippen molar-refractivity contribution < 1.29 is 22.7 Å². The van der Waals surface area contributed by atoms with Crippen molar-refractivity contribution in [2.75, 3.05) is 26.8 Å². The molecule has 2 N–H and O–H groups in total. The summed E-state index contributed by atoms with van der Waals surface area (Å²) in [7, 11) is 1.56. The summed E-state index contributed by atoms with van der Waals surface area (Å²) in [5.41, 5.74) is 0. The molecule has 0 radical (unpaired) electrons. The number of carbonyl (C=O) groups is 1. The number of hydrogen-bond acceptors (Lipinski definition) is 3. The van der Waals surface area contributed by atoms with E-state index in [1.807, 2.05) is 0 Å². The van der Waals surface area contributed by atoms with Crippen molar-refractivity contribution in [1.29, 1.82) is 0 Å². The molecule has 0 spiro atoms. The number of methoxy groups -OCH3 is 1. The molecule has 1 rings (SSSR count). The number of halogens is 3. The molecule has 20 heavy (non-hydrogen) atoms. The van der Waals surface area contributed by atoms with Crippen molar-refractivity contribution in [1.82, 2.24) is 10.6 Å². The Balaban J connectivity index is 2.08. The second-order valence-corrected chi connectivity index (χ2v) is 5.14. The highest BCUT2D eigenvalue weighted by Gasteiger charge is 2.41. The van der Waals surface area contributed by atoms with Crippen molar-refractivity contribution in [2.45, 2.75) is 44.3 Å². The first-order chi connectivity index (χ1) is 9.43. The van der Waals surface area contributed by atoms with Gasteiger partial charge in [-0.25, -0.2) is 0 Å². The average Bonchev–Trinajstić information content (AvgIpc) is 2.38. The van der Waals surface area contributed by atoms with E-state index in [-0.39, 0.29) is 24.8 Å². The number of carbonyl (C=O) groups excluding carboxylic acids is 1. The maximum atomic E-state index is 12.5. The number of nitrogens with one attached hydrogen (secondary N) is 2. The number of rotatable bonds is 7. The van der Waals surface area contributed by atoms with E-state index in [0.717, 1.165) is 0 Å². The first-order valence-corrected chi connectivity index (χ1v) is 6.99. The first-order valence-electron chi connectivity index (χ1n) is 6.99. The van der Waals surface area contributed by atoms with Gasteiger partial charge in [0.25, 0.3) is 0 Å². The third-order valence-corrected chi connectivity index (χ3v) is 3.60. The quantitative estimate of drug-likeness (QED) is 0.705. The predicted molar refractivity (Wildman–Crippen MR) is 69.3 cm³/mol. The van der Waals surface area contributed by atoms with Crippen molar-refractivity contribution in [2.24, 2.45) is 5.92 Å².